The second-order valence-corrected chi connectivity index (χ2v) is 6.84. The minimum Gasteiger partial charge on any atom is -0.359 e. The average molecular weight is 294 g/mol. The molecule has 2 fully saturated rings. The van der Waals surface area contributed by atoms with Gasteiger partial charge in [0.1, 0.15) is 11.5 Å². The molecule has 4 heteroatoms. The highest BCUT2D eigenvalue weighted by Gasteiger charge is 2.41. The molecule has 2 heterocycles. The average Bonchev–Trinajstić information content (AvgIpc) is 2.49. The number of ether oxygens (including phenoxy) is 3. The summed E-state index contributed by atoms with van der Waals surface area (Å²) in [6.45, 7) is 5.05. The monoisotopic (exact) mass is 294 g/mol. The highest BCUT2D eigenvalue weighted by Crippen LogP contribution is 2.38. The summed E-state index contributed by atoms with van der Waals surface area (Å²) in [5, 5.41) is 0. The van der Waals surface area contributed by atoms with Crippen molar-refractivity contribution in [3.8, 4) is 0 Å². The molecule has 0 amide bonds. The first-order valence-corrected chi connectivity index (χ1v) is 8.42. The summed E-state index contributed by atoms with van der Waals surface area (Å²) >= 11 is 1.88. The molecule has 3 unspecified atom stereocenters. The number of hydrogen-bond donors (Lipinski definition) is 0. The van der Waals surface area contributed by atoms with Crippen LogP contribution in [0.5, 0.6) is 0 Å². The summed E-state index contributed by atoms with van der Waals surface area (Å²) in [5.41, 5.74) is 1.37. The van der Waals surface area contributed by atoms with Gasteiger partial charge in [0.25, 0.3) is 0 Å². The van der Waals surface area contributed by atoms with Crippen LogP contribution in [0, 0.1) is 5.92 Å². The van der Waals surface area contributed by atoms with Gasteiger partial charge in [-0.3, -0.25) is 0 Å². The van der Waals surface area contributed by atoms with E-state index in [1.54, 1.807) is 0 Å². The van der Waals surface area contributed by atoms with Crippen LogP contribution in [-0.4, -0.2) is 30.0 Å². The molecule has 0 saturated carbocycles. The number of benzene rings is 1. The third kappa shape index (κ3) is 3.03. The first-order chi connectivity index (χ1) is 9.78. The Balaban J connectivity index is 1.65. The molecule has 0 aliphatic carbocycles. The third-order valence-electron chi connectivity index (χ3n) is 3.91. The van der Waals surface area contributed by atoms with Crippen LogP contribution in [0.25, 0.3) is 0 Å². The molecule has 0 bridgehead atoms. The van der Waals surface area contributed by atoms with Gasteiger partial charge in [-0.25, -0.2) is 0 Å². The van der Waals surface area contributed by atoms with E-state index in [0.717, 1.165) is 17.7 Å². The molecule has 110 valence electrons. The van der Waals surface area contributed by atoms with Crippen LogP contribution in [0.2, 0.25) is 0 Å². The molecule has 2 saturated heterocycles. The maximum atomic E-state index is 6.14. The lowest BCUT2D eigenvalue weighted by Gasteiger charge is -2.44. The van der Waals surface area contributed by atoms with Gasteiger partial charge in [-0.05, 0) is 18.1 Å². The van der Waals surface area contributed by atoms with E-state index < -0.39 is 0 Å². The summed E-state index contributed by atoms with van der Waals surface area (Å²) in [6.07, 6.45) is 1.03. The fraction of sp³-hybridized carbons (Fsp3) is 0.625. The van der Waals surface area contributed by atoms with E-state index in [9.17, 15) is 0 Å². The number of fused-ring (bicyclic) bond motifs is 1. The van der Waals surface area contributed by atoms with E-state index in [4.69, 9.17) is 14.2 Å². The quantitative estimate of drug-likeness (QED) is 0.851. The molecular formula is C16H22O3S. The normalized spacial score (nSPS) is 37.4. The van der Waals surface area contributed by atoms with Crippen molar-refractivity contribution in [2.24, 2.45) is 5.92 Å². The lowest BCUT2D eigenvalue weighted by molar-refractivity contribution is -0.287. The summed E-state index contributed by atoms with van der Waals surface area (Å²) in [7, 11) is 0. The smallest absolute Gasteiger partial charge is 0.184 e. The summed E-state index contributed by atoms with van der Waals surface area (Å²) in [5.74, 6) is 1.61. The summed E-state index contributed by atoms with van der Waals surface area (Å²) < 4.78 is 18.1. The Morgan fingerprint density at radius 1 is 1.15 bits per heavy atom. The van der Waals surface area contributed by atoms with Crippen LogP contribution >= 0.6 is 11.8 Å². The van der Waals surface area contributed by atoms with E-state index in [1.807, 2.05) is 42.1 Å². The first-order valence-electron chi connectivity index (χ1n) is 7.37. The van der Waals surface area contributed by atoms with Crippen LogP contribution in [0.1, 0.15) is 32.1 Å². The van der Waals surface area contributed by atoms with E-state index in [-0.39, 0.29) is 23.9 Å². The predicted octanol–water partition coefficient (Wildman–Crippen LogP) is 3.60. The Hall–Kier alpha value is -0.550. The molecule has 20 heavy (non-hydrogen) atoms. The topological polar surface area (TPSA) is 27.7 Å². The number of thioether (sulfide) groups is 1. The fourth-order valence-electron chi connectivity index (χ4n) is 2.85. The SMILES string of the molecule is CCSC1OC2COC(c3ccccc3)O[C@H]2C[C@H]1C. The highest BCUT2D eigenvalue weighted by molar-refractivity contribution is 7.99. The van der Waals surface area contributed by atoms with Crippen molar-refractivity contribution in [1.29, 1.82) is 0 Å². The number of hydrogen-bond acceptors (Lipinski definition) is 4. The largest absolute Gasteiger partial charge is 0.359 e. The Morgan fingerprint density at radius 2 is 1.95 bits per heavy atom. The zero-order chi connectivity index (χ0) is 13.9. The van der Waals surface area contributed by atoms with Gasteiger partial charge in [0.05, 0.1) is 12.7 Å². The molecule has 3 rings (SSSR count). The first kappa shape index (κ1) is 14.4. The Morgan fingerprint density at radius 3 is 2.70 bits per heavy atom. The molecule has 1 aromatic rings. The van der Waals surface area contributed by atoms with E-state index in [2.05, 4.69) is 13.8 Å². The van der Waals surface area contributed by atoms with Crippen molar-refractivity contribution in [3.63, 3.8) is 0 Å². The molecule has 5 atom stereocenters. The predicted molar refractivity (Wildman–Crippen MR) is 80.6 cm³/mol. The summed E-state index contributed by atoms with van der Waals surface area (Å²) in [4.78, 5) is 0. The maximum absolute atomic E-state index is 6.14. The molecule has 2 aliphatic heterocycles. The van der Waals surface area contributed by atoms with Gasteiger partial charge >= 0.3 is 0 Å². The molecule has 3 nitrogen and oxygen atoms in total. The zero-order valence-electron chi connectivity index (χ0n) is 12.0. The second-order valence-electron chi connectivity index (χ2n) is 5.46. The van der Waals surface area contributed by atoms with Crippen LogP contribution in [0.3, 0.4) is 0 Å². The van der Waals surface area contributed by atoms with Crippen molar-refractivity contribution in [1.82, 2.24) is 0 Å². The molecule has 0 radical (unpaired) electrons. The van der Waals surface area contributed by atoms with Crippen LogP contribution in [0.4, 0.5) is 0 Å². The van der Waals surface area contributed by atoms with Crippen LogP contribution in [-0.2, 0) is 14.2 Å². The van der Waals surface area contributed by atoms with Gasteiger partial charge in [-0.15, -0.1) is 11.8 Å². The molecule has 0 aromatic heterocycles. The lowest BCUT2D eigenvalue weighted by atomic mass is 9.96. The summed E-state index contributed by atoms with van der Waals surface area (Å²) in [6, 6.07) is 10.1. The van der Waals surface area contributed by atoms with E-state index in [1.165, 1.54) is 0 Å². The Bertz CT molecular complexity index is 425. The third-order valence-corrected chi connectivity index (χ3v) is 5.14. The van der Waals surface area contributed by atoms with Crippen molar-refractivity contribution in [2.75, 3.05) is 12.4 Å². The van der Waals surface area contributed by atoms with Gasteiger partial charge in [-0.2, -0.15) is 0 Å². The fourth-order valence-corrected chi connectivity index (χ4v) is 3.84. The molecular weight excluding hydrogens is 272 g/mol. The molecule has 1 aromatic carbocycles. The second kappa shape index (κ2) is 6.48. The van der Waals surface area contributed by atoms with Gasteiger partial charge in [0, 0.05) is 5.56 Å². The van der Waals surface area contributed by atoms with E-state index >= 15 is 0 Å². The number of rotatable bonds is 3. The van der Waals surface area contributed by atoms with Crippen molar-refractivity contribution < 1.29 is 14.2 Å². The van der Waals surface area contributed by atoms with Gasteiger partial charge in [0.15, 0.2) is 6.29 Å². The highest BCUT2D eigenvalue weighted by atomic mass is 32.2. The van der Waals surface area contributed by atoms with Crippen molar-refractivity contribution in [2.45, 2.75) is 44.2 Å². The zero-order valence-corrected chi connectivity index (χ0v) is 12.8. The van der Waals surface area contributed by atoms with Gasteiger partial charge < -0.3 is 14.2 Å². The molecule has 0 spiro atoms. The van der Waals surface area contributed by atoms with Crippen LogP contribution < -0.4 is 0 Å². The lowest BCUT2D eigenvalue weighted by Crippen LogP contribution is -2.49. The van der Waals surface area contributed by atoms with Crippen molar-refractivity contribution in [3.05, 3.63) is 35.9 Å². The standard InChI is InChI=1S/C16H22O3S/c1-3-20-16-11(2)9-13-14(19-16)10-17-15(18-13)12-7-5-4-6-8-12/h4-8,11,13-16H,3,9-10H2,1-2H3/t11-,13+,14?,15?,16?/m1/s1. The minimum atomic E-state index is -0.247. The van der Waals surface area contributed by atoms with E-state index in [0.29, 0.717) is 12.5 Å². The molecule has 2 aliphatic rings. The minimum absolute atomic E-state index is 0.0789. The Kier molecular flexibility index (Phi) is 4.66. The Labute approximate surface area is 125 Å². The van der Waals surface area contributed by atoms with Crippen molar-refractivity contribution >= 4 is 11.8 Å². The van der Waals surface area contributed by atoms with Crippen LogP contribution in [0.15, 0.2) is 30.3 Å². The maximum Gasteiger partial charge on any atom is 0.184 e. The van der Waals surface area contributed by atoms with Gasteiger partial charge in [-0.1, -0.05) is 44.2 Å². The van der Waals surface area contributed by atoms with Gasteiger partial charge in [0.2, 0.25) is 0 Å². The molecule has 0 N–H and O–H groups in total.